The topological polar surface area (TPSA) is 102 Å². The predicted octanol–water partition coefficient (Wildman–Crippen LogP) is 3.77. The minimum atomic E-state index is -1.08. The number of ether oxygens (including phenoxy) is 2. The molecule has 0 unspecified atom stereocenters. The molecule has 1 atom stereocenters. The van der Waals surface area contributed by atoms with Gasteiger partial charge in [-0.1, -0.05) is 36.4 Å². The number of alkyl carbamates (subject to hydrolysis) is 1. The first kappa shape index (κ1) is 22.9. The van der Waals surface area contributed by atoms with E-state index in [1.54, 1.807) is 26.8 Å². The number of esters is 1. The molecule has 0 aliphatic rings. The van der Waals surface area contributed by atoms with Crippen LogP contribution < -0.4 is 5.32 Å². The fourth-order valence-electron chi connectivity index (χ4n) is 2.76. The zero-order chi connectivity index (χ0) is 22.3. The third kappa shape index (κ3) is 7.24. The molecule has 0 aromatic heterocycles. The molecule has 0 heterocycles. The summed E-state index contributed by atoms with van der Waals surface area (Å²) >= 11 is 0. The Morgan fingerprint density at radius 2 is 1.73 bits per heavy atom. The monoisotopic (exact) mass is 413 g/mol. The largest absolute Gasteiger partial charge is 0.508 e. The van der Waals surface area contributed by atoms with E-state index < -0.39 is 23.7 Å². The third-order valence-corrected chi connectivity index (χ3v) is 4.10. The number of benzene rings is 2. The van der Waals surface area contributed by atoms with Crippen LogP contribution in [0.3, 0.4) is 0 Å². The second kappa shape index (κ2) is 9.91. The van der Waals surface area contributed by atoms with Gasteiger partial charge in [0.1, 0.15) is 24.0 Å². The Bertz CT molecular complexity index is 902. The van der Waals surface area contributed by atoms with Gasteiger partial charge in [0.2, 0.25) is 0 Å². The van der Waals surface area contributed by atoms with Crippen LogP contribution in [0.15, 0.2) is 48.5 Å². The molecule has 0 saturated heterocycles. The van der Waals surface area contributed by atoms with Crippen molar-refractivity contribution >= 4 is 17.8 Å². The first-order chi connectivity index (χ1) is 14.0. The van der Waals surface area contributed by atoms with Gasteiger partial charge in [0, 0.05) is 12.0 Å². The number of hydrogen-bond donors (Lipinski definition) is 2. The molecule has 0 saturated carbocycles. The van der Waals surface area contributed by atoms with Crippen molar-refractivity contribution in [1.82, 2.24) is 5.32 Å². The summed E-state index contributed by atoms with van der Waals surface area (Å²) < 4.78 is 10.6. The van der Waals surface area contributed by atoms with E-state index in [1.165, 1.54) is 19.1 Å². The Kier molecular flexibility index (Phi) is 7.58. The van der Waals surface area contributed by atoms with E-state index in [0.29, 0.717) is 5.56 Å². The highest BCUT2D eigenvalue weighted by atomic mass is 16.6. The van der Waals surface area contributed by atoms with Gasteiger partial charge in [-0.25, -0.2) is 9.59 Å². The van der Waals surface area contributed by atoms with Gasteiger partial charge >= 0.3 is 12.1 Å². The van der Waals surface area contributed by atoms with E-state index in [1.807, 2.05) is 30.3 Å². The fraction of sp³-hybridized carbons (Fsp3) is 0.348. The molecule has 0 aliphatic carbocycles. The number of carbonyl (C=O) groups is 3. The summed E-state index contributed by atoms with van der Waals surface area (Å²) in [6.45, 7) is 6.54. The van der Waals surface area contributed by atoms with Crippen LogP contribution in [0.4, 0.5) is 4.79 Å². The molecule has 2 aromatic rings. The molecule has 160 valence electrons. The van der Waals surface area contributed by atoms with Crippen molar-refractivity contribution in [3.63, 3.8) is 0 Å². The van der Waals surface area contributed by atoms with Gasteiger partial charge in [0.25, 0.3) is 0 Å². The summed E-state index contributed by atoms with van der Waals surface area (Å²) in [6.07, 6.45) is -0.769. The maximum absolute atomic E-state index is 12.7. The normalized spacial score (nSPS) is 12.0. The quantitative estimate of drug-likeness (QED) is 0.529. The van der Waals surface area contributed by atoms with Crippen LogP contribution in [0, 0.1) is 0 Å². The maximum Gasteiger partial charge on any atom is 0.408 e. The highest BCUT2D eigenvalue weighted by molar-refractivity contribution is 5.96. The molecule has 0 radical (unpaired) electrons. The van der Waals surface area contributed by atoms with Crippen molar-refractivity contribution in [3.8, 4) is 5.75 Å². The number of Topliss-reactive ketones (excluding diaryl/α,β-unsaturated/α-hetero) is 1. The van der Waals surface area contributed by atoms with Crippen LogP contribution in [0.2, 0.25) is 0 Å². The summed E-state index contributed by atoms with van der Waals surface area (Å²) in [5, 5.41) is 12.2. The van der Waals surface area contributed by atoms with Crippen molar-refractivity contribution in [3.05, 3.63) is 65.2 Å². The van der Waals surface area contributed by atoms with E-state index in [2.05, 4.69) is 5.32 Å². The average Bonchev–Trinajstić information content (AvgIpc) is 2.66. The van der Waals surface area contributed by atoms with Crippen molar-refractivity contribution < 1.29 is 29.0 Å². The first-order valence-electron chi connectivity index (χ1n) is 9.58. The number of aromatic hydroxyl groups is 1. The van der Waals surface area contributed by atoms with Crippen LogP contribution in [0.5, 0.6) is 5.75 Å². The predicted molar refractivity (Wildman–Crippen MR) is 111 cm³/mol. The van der Waals surface area contributed by atoms with Gasteiger partial charge in [-0.05, 0) is 51.0 Å². The second-order valence-corrected chi connectivity index (χ2v) is 7.89. The average molecular weight is 413 g/mol. The Labute approximate surface area is 176 Å². The lowest BCUT2D eigenvalue weighted by Crippen LogP contribution is -2.45. The Morgan fingerprint density at radius 3 is 2.33 bits per heavy atom. The SMILES string of the molecule is CC(=O)c1cc(O)ccc1C[C@H](NC(=O)OC(C)(C)C)C(=O)OCc1ccccc1. The van der Waals surface area contributed by atoms with E-state index in [0.717, 1.165) is 5.56 Å². The lowest BCUT2D eigenvalue weighted by atomic mass is 9.97. The number of rotatable bonds is 7. The molecular weight excluding hydrogens is 386 g/mol. The molecule has 0 aliphatic heterocycles. The summed E-state index contributed by atoms with van der Waals surface area (Å²) in [6, 6.07) is 12.4. The smallest absolute Gasteiger partial charge is 0.408 e. The summed E-state index contributed by atoms with van der Waals surface area (Å²) in [5.74, 6) is -0.992. The molecule has 0 bridgehead atoms. The number of phenols is 1. The molecular formula is C23H27NO6. The number of nitrogens with one attached hydrogen (secondary N) is 1. The second-order valence-electron chi connectivity index (χ2n) is 7.89. The lowest BCUT2D eigenvalue weighted by molar-refractivity contribution is -0.147. The van der Waals surface area contributed by atoms with Gasteiger partial charge in [0.15, 0.2) is 5.78 Å². The molecule has 2 N–H and O–H groups in total. The molecule has 2 aromatic carbocycles. The number of hydrogen-bond acceptors (Lipinski definition) is 6. The van der Waals surface area contributed by atoms with Crippen molar-refractivity contribution in [2.75, 3.05) is 0 Å². The van der Waals surface area contributed by atoms with Crippen molar-refractivity contribution in [1.29, 1.82) is 0 Å². The standard InChI is InChI=1S/C23H27NO6/c1-15(25)19-13-18(26)11-10-17(19)12-20(24-22(28)30-23(2,3)4)21(27)29-14-16-8-6-5-7-9-16/h5-11,13,20,26H,12,14H2,1-4H3,(H,24,28)/t20-/m0/s1. The van der Waals surface area contributed by atoms with Gasteiger partial charge in [-0.15, -0.1) is 0 Å². The Hall–Kier alpha value is -3.35. The molecule has 0 spiro atoms. The summed E-state index contributed by atoms with van der Waals surface area (Å²) in [5.41, 5.74) is 0.821. The highest BCUT2D eigenvalue weighted by Crippen LogP contribution is 2.20. The zero-order valence-corrected chi connectivity index (χ0v) is 17.6. The number of phenolic OH excluding ortho intramolecular Hbond substituents is 1. The summed E-state index contributed by atoms with van der Waals surface area (Å²) in [7, 11) is 0. The molecule has 0 fully saturated rings. The van der Waals surface area contributed by atoms with E-state index in [-0.39, 0.29) is 30.1 Å². The lowest BCUT2D eigenvalue weighted by Gasteiger charge is -2.23. The van der Waals surface area contributed by atoms with Crippen molar-refractivity contribution in [2.24, 2.45) is 0 Å². The zero-order valence-electron chi connectivity index (χ0n) is 17.6. The Balaban J connectivity index is 2.21. The van der Waals surface area contributed by atoms with Crippen molar-refractivity contribution in [2.45, 2.75) is 52.4 Å². The molecule has 7 heteroatoms. The number of carbonyl (C=O) groups excluding carboxylic acids is 3. The van der Waals surface area contributed by atoms with Gasteiger partial charge in [-0.3, -0.25) is 4.79 Å². The van der Waals surface area contributed by atoms with Crippen LogP contribution in [-0.2, 0) is 27.3 Å². The first-order valence-corrected chi connectivity index (χ1v) is 9.58. The third-order valence-electron chi connectivity index (χ3n) is 4.10. The molecule has 1 amide bonds. The van der Waals surface area contributed by atoms with E-state index in [9.17, 15) is 19.5 Å². The van der Waals surface area contributed by atoms with Crippen LogP contribution >= 0.6 is 0 Å². The Morgan fingerprint density at radius 1 is 1.07 bits per heavy atom. The van der Waals surface area contributed by atoms with E-state index >= 15 is 0 Å². The van der Waals surface area contributed by atoms with Gasteiger partial charge in [-0.2, -0.15) is 0 Å². The minimum Gasteiger partial charge on any atom is -0.508 e. The van der Waals surface area contributed by atoms with Crippen LogP contribution in [0.25, 0.3) is 0 Å². The maximum atomic E-state index is 12.7. The molecule has 30 heavy (non-hydrogen) atoms. The van der Waals surface area contributed by atoms with Gasteiger partial charge < -0.3 is 19.9 Å². The number of ketones is 1. The number of amides is 1. The van der Waals surface area contributed by atoms with Gasteiger partial charge in [0.05, 0.1) is 0 Å². The van der Waals surface area contributed by atoms with E-state index in [4.69, 9.17) is 9.47 Å². The molecule has 2 rings (SSSR count). The minimum absolute atomic E-state index is 0.00204. The highest BCUT2D eigenvalue weighted by Gasteiger charge is 2.27. The summed E-state index contributed by atoms with van der Waals surface area (Å²) in [4.78, 5) is 37.0. The van der Waals surface area contributed by atoms with Crippen LogP contribution in [-0.4, -0.2) is 34.6 Å². The molecule has 7 nitrogen and oxygen atoms in total. The van der Waals surface area contributed by atoms with Crippen LogP contribution in [0.1, 0.15) is 49.2 Å². The fourth-order valence-corrected chi connectivity index (χ4v) is 2.76.